The summed E-state index contributed by atoms with van der Waals surface area (Å²) in [5.74, 6) is 0.692. The predicted octanol–water partition coefficient (Wildman–Crippen LogP) is 3.15. The molecule has 106 valence electrons. The van der Waals surface area contributed by atoms with Crippen LogP contribution in [-0.4, -0.2) is 19.2 Å². The lowest BCUT2D eigenvalue weighted by atomic mass is 9.77. The van der Waals surface area contributed by atoms with Crippen LogP contribution < -0.4 is 15.8 Å². The van der Waals surface area contributed by atoms with Gasteiger partial charge in [0.15, 0.2) is 11.6 Å². The lowest BCUT2D eigenvalue weighted by Crippen LogP contribution is -2.48. The van der Waals surface area contributed by atoms with Crippen LogP contribution >= 0.6 is 0 Å². The number of benzene rings is 1. The lowest BCUT2D eigenvalue weighted by Gasteiger charge is -2.40. The fourth-order valence-corrected chi connectivity index (χ4v) is 2.74. The molecule has 4 heteroatoms. The monoisotopic (exact) mass is 266 g/mol. The molecule has 0 unspecified atom stereocenters. The number of methoxy groups -OCH3 is 1. The fourth-order valence-electron chi connectivity index (χ4n) is 2.74. The normalized spacial score (nSPS) is 27.1. The van der Waals surface area contributed by atoms with Gasteiger partial charge in [-0.1, -0.05) is 6.92 Å². The molecule has 0 spiro atoms. The standard InChI is InChI=1S/C15H23FN2O/c1-11-5-7-15(10-17,8-6-11)18-12-3-4-13(16)14(9-12)19-2/h3-4,9,11,18H,5-8,10,17H2,1-2H3. The largest absolute Gasteiger partial charge is 0.494 e. The molecule has 0 radical (unpaired) electrons. The van der Waals surface area contributed by atoms with E-state index >= 15 is 0 Å². The number of nitrogens with one attached hydrogen (secondary N) is 1. The average Bonchev–Trinajstić information content (AvgIpc) is 2.44. The number of ether oxygens (including phenoxy) is 1. The van der Waals surface area contributed by atoms with Crippen LogP contribution in [0.2, 0.25) is 0 Å². The van der Waals surface area contributed by atoms with E-state index < -0.39 is 0 Å². The molecule has 3 nitrogen and oxygen atoms in total. The van der Waals surface area contributed by atoms with E-state index in [1.807, 2.05) is 0 Å². The Morgan fingerprint density at radius 2 is 2.11 bits per heavy atom. The van der Waals surface area contributed by atoms with Crippen molar-refractivity contribution < 1.29 is 9.13 Å². The van der Waals surface area contributed by atoms with E-state index in [0.29, 0.717) is 6.54 Å². The minimum absolute atomic E-state index is 0.0602. The van der Waals surface area contributed by atoms with E-state index in [4.69, 9.17) is 10.5 Å². The number of hydrogen-bond donors (Lipinski definition) is 2. The van der Waals surface area contributed by atoms with Crippen LogP contribution in [-0.2, 0) is 0 Å². The first-order valence-electron chi connectivity index (χ1n) is 6.90. The molecule has 1 saturated carbocycles. The summed E-state index contributed by atoms with van der Waals surface area (Å²) in [6.07, 6.45) is 4.49. The molecule has 0 heterocycles. The Kier molecular flexibility index (Phi) is 4.30. The molecule has 19 heavy (non-hydrogen) atoms. The van der Waals surface area contributed by atoms with Gasteiger partial charge in [0.25, 0.3) is 0 Å². The lowest BCUT2D eigenvalue weighted by molar-refractivity contribution is 0.271. The second-order valence-electron chi connectivity index (χ2n) is 5.64. The van der Waals surface area contributed by atoms with Gasteiger partial charge in [-0.2, -0.15) is 0 Å². The number of nitrogens with two attached hydrogens (primary N) is 1. The van der Waals surface area contributed by atoms with Crippen molar-refractivity contribution >= 4 is 5.69 Å². The Morgan fingerprint density at radius 1 is 1.42 bits per heavy atom. The first-order valence-corrected chi connectivity index (χ1v) is 6.90. The highest BCUT2D eigenvalue weighted by atomic mass is 19.1. The Hall–Kier alpha value is -1.29. The minimum Gasteiger partial charge on any atom is -0.494 e. The number of rotatable bonds is 4. The molecule has 0 amide bonds. The molecular weight excluding hydrogens is 243 g/mol. The summed E-state index contributed by atoms with van der Waals surface area (Å²) in [6.45, 7) is 2.88. The maximum absolute atomic E-state index is 13.4. The zero-order valence-electron chi connectivity index (χ0n) is 11.7. The topological polar surface area (TPSA) is 47.3 Å². The van der Waals surface area contributed by atoms with Crippen molar-refractivity contribution in [3.63, 3.8) is 0 Å². The smallest absolute Gasteiger partial charge is 0.165 e. The summed E-state index contributed by atoms with van der Waals surface area (Å²) in [5, 5.41) is 3.49. The van der Waals surface area contributed by atoms with E-state index in [-0.39, 0.29) is 17.1 Å². The quantitative estimate of drug-likeness (QED) is 0.880. The van der Waals surface area contributed by atoms with E-state index in [1.54, 1.807) is 12.1 Å². The van der Waals surface area contributed by atoms with Gasteiger partial charge >= 0.3 is 0 Å². The summed E-state index contributed by atoms with van der Waals surface area (Å²) >= 11 is 0. The second-order valence-corrected chi connectivity index (χ2v) is 5.64. The summed E-state index contributed by atoms with van der Waals surface area (Å²) in [7, 11) is 1.48. The van der Waals surface area contributed by atoms with Gasteiger partial charge in [-0.3, -0.25) is 0 Å². The molecule has 1 aromatic carbocycles. The third-order valence-corrected chi connectivity index (χ3v) is 4.18. The maximum atomic E-state index is 13.4. The fraction of sp³-hybridized carbons (Fsp3) is 0.600. The molecule has 0 saturated heterocycles. The minimum atomic E-state index is -0.341. The van der Waals surface area contributed by atoms with Crippen LogP contribution in [0.25, 0.3) is 0 Å². The van der Waals surface area contributed by atoms with Gasteiger partial charge in [0.2, 0.25) is 0 Å². The molecule has 1 aliphatic carbocycles. The molecule has 1 aliphatic rings. The van der Waals surface area contributed by atoms with Crippen LogP contribution in [0, 0.1) is 11.7 Å². The molecule has 1 fully saturated rings. The Labute approximate surface area is 114 Å². The van der Waals surface area contributed by atoms with E-state index in [9.17, 15) is 4.39 Å². The van der Waals surface area contributed by atoms with Crippen LogP contribution in [0.4, 0.5) is 10.1 Å². The maximum Gasteiger partial charge on any atom is 0.165 e. The van der Waals surface area contributed by atoms with Crippen molar-refractivity contribution in [1.29, 1.82) is 0 Å². The average molecular weight is 266 g/mol. The summed E-state index contributed by atoms with van der Waals surface area (Å²) in [4.78, 5) is 0. The summed E-state index contributed by atoms with van der Waals surface area (Å²) < 4.78 is 18.4. The van der Waals surface area contributed by atoms with Crippen LogP contribution in [0.15, 0.2) is 18.2 Å². The third-order valence-electron chi connectivity index (χ3n) is 4.18. The van der Waals surface area contributed by atoms with Gasteiger partial charge in [0, 0.05) is 23.8 Å². The molecule has 3 N–H and O–H groups in total. The molecular formula is C15H23FN2O. The van der Waals surface area contributed by atoms with Crippen molar-refractivity contribution in [2.45, 2.75) is 38.1 Å². The number of halogens is 1. The van der Waals surface area contributed by atoms with Crippen molar-refractivity contribution in [3.05, 3.63) is 24.0 Å². The van der Waals surface area contributed by atoms with Crippen molar-refractivity contribution in [1.82, 2.24) is 0 Å². The molecule has 1 aromatic rings. The van der Waals surface area contributed by atoms with Crippen LogP contribution in [0.3, 0.4) is 0 Å². The Bertz CT molecular complexity index is 428. The SMILES string of the molecule is COc1cc(NC2(CN)CCC(C)CC2)ccc1F. The Balaban J connectivity index is 2.14. The Morgan fingerprint density at radius 3 is 2.68 bits per heavy atom. The first kappa shape index (κ1) is 14.1. The molecule has 2 rings (SSSR count). The molecule has 0 atom stereocenters. The molecule has 0 aromatic heterocycles. The molecule has 0 aliphatic heterocycles. The van der Waals surface area contributed by atoms with Crippen molar-refractivity contribution in [2.75, 3.05) is 19.0 Å². The van der Waals surface area contributed by atoms with Gasteiger partial charge in [0.05, 0.1) is 7.11 Å². The predicted molar refractivity (Wildman–Crippen MR) is 76.0 cm³/mol. The van der Waals surface area contributed by atoms with Gasteiger partial charge in [-0.15, -0.1) is 0 Å². The van der Waals surface area contributed by atoms with Gasteiger partial charge < -0.3 is 15.8 Å². The van der Waals surface area contributed by atoms with Gasteiger partial charge in [-0.05, 0) is 43.7 Å². The van der Waals surface area contributed by atoms with Crippen LogP contribution in [0.1, 0.15) is 32.6 Å². The number of anilines is 1. The van der Waals surface area contributed by atoms with Gasteiger partial charge in [-0.25, -0.2) is 4.39 Å². The van der Waals surface area contributed by atoms with Crippen molar-refractivity contribution in [3.8, 4) is 5.75 Å². The summed E-state index contributed by atoms with van der Waals surface area (Å²) in [6, 6.07) is 4.87. The molecule has 0 bridgehead atoms. The van der Waals surface area contributed by atoms with E-state index in [0.717, 1.165) is 24.4 Å². The van der Waals surface area contributed by atoms with Gasteiger partial charge in [0.1, 0.15) is 0 Å². The second kappa shape index (κ2) is 5.78. The zero-order chi connectivity index (χ0) is 13.9. The van der Waals surface area contributed by atoms with Crippen LogP contribution in [0.5, 0.6) is 5.75 Å². The zero-order valence-corrected chi connectivity index (χ0v) is 11.7. The third kappa shape index (κ3) is 3.18. The van der Waals surface area contributed by atoms with E-state index in [2.05, 4.69) is 12.2 Å². The van der Waals surface area contributed by atoms with E-state index in [1.165, 1.54) is 26.0 Å². The summed E-state index contributed by atoms with van der Waals surface area (Å²) in [5.41, 5.74) is 6.78. The highest BCUT2D eigenvalue weighted by molar-refractivity contribution is 5.51. The number of hydrogen-bond acceptors (Lipinski definition) is 3. The highest BCUT2D eigenvalue weighted by Crippen LogP contribution is 2.34. The first-order chi connectivity index (χ1) is 9.08. The van der Waals surface area contributed by atoms with Crippen molar-refractivity contribution in [2.24, 2.45) is 11.7 Å². The highest BCUT2D eigenvalue weighted by Gasteiger charge is 2.32.